The molecule has 4 nitrogen and oxygen atoms in total. The minimum atomic E-state index is 0.239. The maximum atomic E-state index is 6.10. The number of benzene rings is 1. The zero-order valence-electron chi connectivity index (χ0n) is 13.8. The van der Waals surface area contributed by atoms with Crippen LogP contribution in [0.5, 0.6) is 0 Å². The summed E-state index contributed by atoms with van der Waals surface area (Å²) in [5, 5.41) is 10.8. The number of hydrogen-bond acceptors (Lipinski definition) is 2. The summed E-state index contributed by atoms with van der Waals surface area (Å²) in [6, 6.07) is 10.4. The molecule has 0 radical (unpaired) electrons. The highest BCUT2D eigenvalue weighted by Crippen LogP contribution is 2.22. The van der Waals surface area contributed by atoms with Gasteiger partial charge < -0.3 is 15.6 Å². The lowest BCUT2D eigenvalue weighted by Crippen LogP contribution is -2.39. The van der Waals surface area contributed by atoms with Crippen LogP contribution in [0.1, 0.15) is 23.4 Å². The van der Waals surface area contributed by atoms with Crippen molar-refractivity contribution < 1.29 is 0 Å². The SMILES string of the molecule is CN=C(NCCc1c[nH]c2ccc(Cl)cc12)NC(C)c1cccs1. The Morgan fingerprint density at radius 3 is 3.00 bits per heavy atom. The lowest BCUT2D eigenvalue weighted by Gasteiger charge is -2.16. The summed E-state index contributed by atoms with van der Waals surface area (Å²) in [7, 11) is 1.79. The topological polar surface area (TPSA) is 52.2 Å². The third kappa shape index (κ3) is 3.91. The molecule has 0 aliphatic carbocycles. The molecule has 0 bridgehead atoms. The number of guanidine groups is 1. The van der Waals surface area contributed by atoms with Crippen LogP contribution in [0.3, 0.4) is 0 Å². The van der Waals surface area contributed by atoms with Crippen LogP contribution in [0.25, 0.3) is 10.9 Å². The highest BCUT2D eigenvalue weighted by molar-refractivity contribution is 7.10. The van der Waals surface area contributed by atoms with Crippen molar-refractivity contribution >= 4 is 39.8 Å². The van der Waals surface area contributed by atoms with E-state index in [0.717, 1.165) is 29.5 Å². The molecular formula is C18H21ClN4S. The van der Waals surface area contributed by atoms with Gasteiger partial charge in [0.25, 0.3) is 0 Å². The van der Waals surface area contributed by atoms with Crippen LogP contribution in [0, 0.1) is 0 Å². The average Bonchev–Trinajstić information content (AvgIpc) is 3.24. The number of H-pyrrole nitrogens is 1. The van der Waals surface area contributed by atoms with Crippen molar-refractivity contribution in [3.8, 4) is 0 Å². The minimum Gasteiger partial charge on any atom is -0.361 e. The number of aromatic nitrogens is 1. The number of fused-ring (bicyclic) bond motifs is 1. The van der Waals surface area contributed by atoms with Gasteiger partial charge in [-0.25, -0.2) is 0 Å². The van der Waals surface area contributed by atoms with Crippen LogP contribution in [0.15, 0.2) is 46.9 Å². The first-order chi connectivity index (χ1) is 11.7. The van der Waals surface area contributed by atoms with E-state index in [1.807, 2.05) is 24.4 Å². The van der Waals surface area contributed by atoms with Crippen LogP contribution in [0.4, 0.5) is 0 Å². The molecule has 0 saturated carbocycles. The van der Waals surface area contributed by atoms with Gasteiger partial charge in [0.2, 0.25) is 0 Å². The largest absolute Gasteiger partial charge is 0.361 e. The van der Waals surface area contributed by atoms with Gasteiger partial charge in [-0.15, -0.1) is 11.3 Å². The number of aromatic amines is 1. The molecule has 3 N–H and O–H groups in total. The summed E-state index contributed by atoms with van der Waals surface area (Å²) in [6.07, 6.45) is 2.95. The average molecular weight is 361 g/mol. The van der Waals surface area contributed by atoms with Crippen molar-refractivity contribution in [1.82, 2.24) is 15.6 Å². The molecule has 24 heavy (non-hydrogen) atoms. The predicted molar refractivity (Wildman–Crippen MR) is 104 cm³/mol. The fourth-order valence-corrected chi connectivity index (χ4v) is 3.59. The molecule has 0 spiro atoms. The minimum absolute atomic E-state index is 0.239. The van der Waals surface area contributed by atoms with E-state index in [0.29, 0.717) is 0 Å². The van der Waals surface area contributed by atoms with Crippen LogP contribution < -0.4 is 10.6 Å². The van der Waals surface area contributed by atoms with Crippen molar-refractivity contribution in [2.24, 2.45) is 4.99 Å². The van der Waals surface area contributed by atoms with Crippen molar-refractivity contribution in [1.29, 1.82) is 0 Å². The molecular weight excluding hydrogens is 340 g/mol. The molecule has 0 amide bonds. The number of thiophene rings is 1. The van der Waals surface area contributed by atoms with Gasteiger partial charge in [-0.1, -0.05) is 17.7 Å². The van der Waals surface area contributed by atoms with E-state index in [1.165, 1.54) is 15.8 Å². The first-order valence-corrected chi connectivity index (χ1v) is 9.19. The summed E-state index contributed by atoms with van der Waals surface area (Å²) in [4.78, 5) is 8.89. The molecule has 126 valence electrons. The molecule has 0 aliphatic rings. The second kappa shape index (κ2) is 7.73. The molecule has 2 heterocycles. The van der Waals surface area contributed by atoms with Gasteiger partial charge in [-0.05, 0) is 48.6 Å². The van der Waals surface area contributed by atoms with Crippen molar-refractivity contribution in [2.75, 3.05) is 13.6 Å². The summed E-state index contributed by atoms with van der Waals surface area (Å²) in [6.45, 7) is 2.94. The number of halogens is 1. The second-order valence-electron chi connectivity index (χ2n) is 5.63. The highest BCUT2D eigenvalue weighted by atomic mass is 35.5. The van der Waals surface area contributed by atoms with E-state index < -0.39 is 0 Å². The molecule has 3 aromatic rings. The lowest BCUT2D eigenvalue weighted by atomic mass is 10.1. The molecule has 1 atom stereocenters. The molecule has 1 aromatic carbocycles. The van der Waals surface area contributed by atoms with E-state index in [-0.39, 0.29) is 6.04 Å². The summed E-state index contributed by atoms with van der Waals surface area (Å²) < 4.78 is 0. The summed E-state index contributed by atoms with van der Waals surface area (Å²) >= 11 is 7.85. The van der Waals surface area contributed by atoms with Gasteiger partial charge in [-0.2, -0.15) is 0 Å². The Morgan fingerprint density at radius 2 is 2.25 bits per heavy atom. The Balaban J connectivity index is 1.57. The van der Waals surface area contributed by atoms with Gasteiger partial charge in [0.05, 0.1) is 6.04 Å². The third-order valence-electron chi connectivity index (χ3n) is 3.96. The van der Waals surface area contributed by atoms with Crippen LogP contribution >= 0.6 is 22.9 Å². The Hall–Kier alpha value is -1.98. The first kappa shape index (κ1) is 16.9. The third-order valence-corrected chi connectivity index (χ3v) is 5.25. The number of hydrogen-bond donors (Lipinski definition) is 3. The Bertz CT molecular complexity index is 823. The van der Waals surface area contributed by atoms with E-state index in [2.05, 4.69) is 45.0 Å². The molecule has 0 saturated heterocycles. The molecule has 0 aliphatic heterocycles. The van der Waals surface area contributed by atoms with Gasteiger partial charge in [0.1, 0.15) is 0 Å². The van der Waals surface area contributed by atoms with Gasteiger partial charge >= 0.3 is 0 Å². The second-order valence-corrected chi connectivity index (χ2v) is 7.05. The fraction of sp³-hybridized carbons (Fsp3) is 0.278. The predicted octanol–water partition coefficient (Wildman–Crippen LogP) is 4.35. The highest BCUT2D eigenvalue weighted by Gasteiger charge is 2.09. The van der Waals surface area contributed by atoms with E-state index >= 15 is 0 Å². The maximum absolute atomic E-state index is 6.10. The molecule has 3 rings (SSSR count). The number of aliphatic imine (C=N–C) groups is 1. The lowest BCUT2D eigenvalue weighted by molar-refractivity contribution is 0.695. The van der Waals surface area contributed by atoms with Gasteiger partial charge in [0, 0.05) is 40.6 Å². The van der Waals surface area contributed by atoms with E-state index in [1.54, 1.807) is 18.4 Å². The zero-order chi connectivity index (χ0) is 16.9. The van der Waals surface area contributed by atoms with Gasteiger partial charge in [-0.3, -0.25) is 4.99 Å². The fourth-order valence-electron chi connectivity index (χ4n) is 2.68. The van der Waals surface area contributed by atoms with Crippen LogP contribution in [-0.2, 0) is 6.42 Å². The van der Waals surface area contributed by atoms with Crippen molar-refractivity contribution in [2.45, 2.75) is 19.4 Å². The molecule has 0 fully saturated rings. The quantitative estimate of drug-likeness (QED) is 0.468. The number of rotatable bonds is 5. The summed E-state index contributed by atoms with van der Waals surface area (Å²) in [5.41, 5.74) is 2.37. The summed E-state index contributed by atoms with van der Waals surface area (Å²) in [5.74, 6) is 0.814. The Morgan fingerprint density at radius 1 is 1.38 bits per heavy atom. The van der Waals surface area contributed by atoms with Crippen molar-refractivity contribution in [3.63, 3.8) is 0 Å². The molecule has 1 unspecified atom stereocenters. The smallest absolute Gasteiger partial charge is 0.191 e. The van der Waals surface area contributed by atoms with Crippen LogP contribution in [0.2, 0.25) is 5.02 Å². The molecule has 6 heteroatoms. The van der Waals surface area contributed by atoms with E-state index in [4.69, 9.17) is 11.6 Å². The first-order valence-electron chi connectivity index (χ1n) is 7.93. The normalized spacial score (nSPS) is 13.2. The zero-order valence-corrected chi connectivity index (χ0v) is 15.3. The monoisotopic (exact) mass is 360 g/mol. The van der Waals surface area contributed by atoms with Crippen LogP contribution in [-0.4, -0.2) is 24.5 Å². The standard InChI is InChI=1S/C18H21ClN4S/c1-12(17-4-3-9-24-17)23-18(20-2)21-8-7-13-11-22-16-6-5-14(19)10-15(13)16/h3-6,9-12,22H,7-8H2,1-2H3,(H2,20,21,23). The number of nitrogens with one attached hydrogen (secondary N) is 3. The number of nitrogens with zero attached hydrogens (tertiary/aromatic N) is 1. The van der Waals surface area contributed by atoms with E-state index in [9.17, 15) is 0 Å². The van der Waals surface area contributed by atoms with Crippen molar-refractivity contribution in [3.05, 3.63) is 57.4 Å². The Kier molecular flexibility index (Phi) is 5.43. The molecule has 2 aromatic heterocycles. The van der Waals surface area contributed by atoms with Gasteiger partial charge in [0.15, 0.2) is 5.96 Å². The Labute approximate surface area is 151 Å². The maximum Gasteiger partial charge on any atom is 0.191 e.